The standard InChI is InChI=1S/C15H18O2S/c16-14(12-4-2-1-3-5-12)13-6-8-17-15(10-13)7-9-18-11-15/h1-5,13H,6-11H2. The minimum absolute atomic E-state index is 0.00196. The van der Waals surface area contributed by atoms with E-state index in [0.29, 0.717) is 5.78 Å². The lowest BCUT2D eigenvalue weighted by molar-refractivity contribution is -0.0734. The fourth-order valence-corrected chi connectivity index (χ4v) is 4.33. The lowest BCUT2D eigenvalue weighted by Gasteiger charge is -2.37. The van der Waals surface area contributed by atoms with Crippen LogP contribution in [0.15, 0.2) is 30.3 Å². The highest BCUT2D eigenvalue weighted by atomic mass is 32.2. The van der Waals surface area contributed by atoms with E-state index in [1.54, 1.807) is 0 Å². The molecule has 96 valence electrons. The normalized spacial score (nSPS) is 31.7. The minimum atomic E-state index is -0.00196. The summed E-state index contributed by atoms with van der Waals surface area (Å²) in [6.45, 7) is 0.740. The Hall–Kier alpha value is -0.800. The maximum Gasteiger partial charge on any atom is 0.166 e. The van der Waals surface area contributed by atoms with E-state index in [0.717, 1.165) is 37.2 Å². The smallest absolute Gasteiger partial charge is 0.166 e. The number of Topliss-reactive ketones (excluding diaryl/α,β-unsaturated/α-hetero) is 1. The van der Waals surface area contributed by atoms with Gasteiger partial charge in [-0.25, -0.2) is 0 Å². The van der Waals surface area contributed by atoms with Crippen LogP contribution in [0.25, 0.3) is 0 Å². The monoisotopic (exact) mass is 262 g/mol. The van der Waals surface area contributed by atoms with Gasteiger partial charge in [0.2, 0.25) is 0 Å². The summed E-state index contributed by atoms with van der Waals surface area (Å²) in [5.41, 5.74) is 0.850. The SMILES string of the molecule is O=C(c1ccccc1)C1CCOC2(CCSC2)C1. The second kappa shape index (κ2) is 5.06. The molecule has 18 heavy (non-hydrogen) atoms. The molecule has 1 aromatic rings. The van der Waals surface area contributed by atoms with Gasteiger partial charge in [0.25, 0.3) is 0 Å². The van der Waals surface area contributed by atoms with E-state index in [1.165, 1.54) is 5.75 Å². The number of rotatable bonds is 2. The van der Waals surface area contributed by atoms with Crippen LogP contribution >= 0.6 is 11.8 Å². The molecule has 0 amide bonds. The Morgan fingerprint density at radius 2 is 2.17 bits per heavy atom. The van der Waals surface area contributed by atoms with Crippen molar-refractivity contribution < 1.29 is 9.53 Å². The average Bonchev–Trinajstić information content (AvgIpc) is 2.87. The molecule has 0 saturated carbocycles. The van der Waals surface area contributed by atoms with Crippen molar-refractivity contribution in [2.75, 3.05) is 18.1 Å². The van der Waals surface area contributed by atoms with Gasteiger partial charge in [0, 0.05) is 23.8 Å². The van der Waals surface area contributed by atoms with Gasteiger partial charge in [0.05, 0.1) is 5.60 Å². The summed E-state index contributed by atoms with van der Waals surface area (Å²) in [6, 6.07) is 9.68. The van der Waals surface area contributed by atoms with Crippen LogP contribution < -0.4 is 0 Å². The van der Waals surface area contributed by atoms with E-state index < -0.39 is 0 Å². The Labute approximate surface area is 112 Å². The molecule has 2 aliphatic heterocycles. The molecule has 2 atom stereocenters. The molecule has 2 fully saturated rings. The second-order valence-corrected chi connectivity index (χ2v) is 6.36. The Balaban J connectivity index is 1.74. The zero-order valence-electron chi connectivity index (χ0n) is 10.4. The van der Waals surface area contributed by atoms with Gasteiger partial charge >= 0.3 is 0 Å². The van der Waals surface area contributed by atoms with E-state index in [9.17, 15) is 4.79 Å². The van der Waals surface area contributed by atoms with Crippen molar-refractivity contribution in [1.82, 2.24) is 0 Å². The van der Waals surface area contributed by atoms with Crippen LogP contribution in [-0.2, 0) is 4.74 Å². The second-order valence-electron chi connectivity index (χ2n) is 5.25. The summed E-state index contributed by atoms with van der Waals surface area (Å²) >= 11 is 1.95. The molecule has 3 rings (SSSR count). The molecule has 0 bridgehead atoms. The average molecular weight is 262 g/mol. The highest BCUT2D eigenvalue weighted by molar-refractivity contribution is 7.99. The summed E-state index contributed by atoms with van der Waals surface area (Å²) in [5.74, 6) is 2.69. The molecule has 2 saturated heterocycles. The molecule has 1 aromatic carbocycles. The van der Waals surface area contributed by atoms with Crippen molar-refractivity contribution >= 4 is 17.5 Å². The number of ketones is 1. The fraction of sp³-hybridized carbons (Fsp3) is 0.533. The van der Waals surface area contributed by atoms with Crippen molar-refractivity contribution in [3.8, 4) is 0 Å². The highest BCUT2D eigenvalue weighted by Gasteiger charge is 2.42. The third-order valence-corrected chi connectivity index (χ3v) is 5.21. The molecule has 0 aromatic heterocycles. The summed E-state index contributed by atoms with van der Waals surface area (Å²) < 4.78 is 5.97. The van der Waals surface area contributed by atoms with Crippen LogP contribution in [0.5, 0.6) is 0 Å². The number of hydrogen-bond acceptors (Lipinski definition) is 3. The number of benzene rings is 1. The van der Waals surface area contributed by atoms with Crippen LogP contribution in [0, 0.1) is 5.92 Å². The van der Waals surface area contributed by atoms with Gasteiger partial charge in [-0.05, 0) is 25.0 Å². The lowest BCUT2D eigenvalue weighted by atomic mass is 9.81. The Kier molecular flexibility index (Phi) is 3.44. The lowest BCUT2D eigenvalue weighted by Crippen LogP contribution is -2.42. The molecular weight excluding hydrogens is 244 g/mol. The molecular formula is C15H18O2S. The quantitative estimate of drug-likeness (QED) is 0.766. The van der Waals surface area contributed by atoms with Crippen LogP contribution in [0.2, 0.25) is 0 Å². The van der Waals surface area contributed by atoms with E-state index in [1.807, 2.05) is 42.1 Å². The molecule has 2 heterocycles. The largest absolute Gasteiger partial charge is 0.374 e. The maximum absolute atomic E-state index is 12.5. The summed E-state index contributed by atoms with van der Waals surface area (Å²) in [6.07, 6.45) is 2.89. The van der Waals surface area contributed by atoms with Crippen molar-refractivity contribution in [3.05, 3.63) is 35.9 Å². The Morgan fingerprint density at radius 3 is 2.89 bits per heavy atom. The maximum atomic E-state index is 12.5. The van der Waals surface area contributed by atoms with Crippen molar-refractivity contribution in [3.63, 3.8) is 0 Å². The molecule has 0 aliphatic carbocycles. The van der Waals surface area contributed by atoms with Gasteiger partial charge < -0.3 is 4.74 Å². The summed E-state index contributed by atoms with van der Waals surface area (Å²) in [5, 5.41) is 0. The third-order valence-electron chi connectivity index (χ3n) is 3.99. The van der Waals surface area contributed by atoms with Crippen LogP contribution in [-0.4, -0.2) is 29.5 Å². The minimum Gasteiger partial charge on any atom is -0.374 e. The van der Waals surface area contributed by atoms with Gasteiger partial charge in [-0.2, -0.15) is 11.8 Å². The van der Waals surface area contributed by atoms with Gasteiger partial charge in [0.1, 0.15) is 0 Å². The first kappa shape index (κ1) is 12.2. The van der Waals surface area contributed by atoms with Crippen LogP contribution in [0.3, 0.4) is 0 Å². The molecule has 0 radical (unpaired) electrons. The molecule has 0 N–H and O–H groups in total. The molecule has 3 heteroatoms. The Morgan fingerprint density at radius 1 is 1.33 bits per heavy atom. The van der Waals surface area contributed by atoms with Gasteiger partial charge in [-0.15, -0.1) is 0 Å². The first-order valence-electron chi connectivity index (χ1n) is 6.60. The number of carbonyl (C=O) groups is 1. The van der Waals surface area contributed by atoms with Gasteiger partial charge in [-0.1, -0.05) is 30.3 Å². The first-order valence-corrected chi connectivity index (χ1v) is 7.76. The highest BCUT2D eigenvalue weighted by Crippen LogP contribution is 2.41. The zero-order chi connectivity index (χ0) is 12.4. The van der Waals surface area contributed by atoms with E-state index in [-0.39, 0.29) is 11.5 Å². The number of thioether (sulfide) groups is 1. The third kappa shape index (κ3) is 2.34. The molecule has 2 unspecified atom stereocenters. The molecule has 2 aliphatic rings. The van der Waals surface area contributed by atoms with Crippen LogP contribution in [0.4, 0.5) is 0 Å². The Bertz CT molecular complexity index is 423. The van der Waals surface area contributed by atoms with E-state index in [4.69, 9.17) is 4.74 Å². The topological polar surface area (TPSA) is 26.3 Å². The number of carbonyl (C=O) groups excluding carboxylic acids is 1. The van der Waals surface area contributed by atoms with Gasteiger partial charge in [-0.3, -0.25) is 4.79 Å². The molecule has 2 nitrogen and oxygen atoms in total. The predicted octanol–water partition coefficient (Wildman–Crippen LogP) is 3.17. The first-order chi connectivity index (χ1) is 8.79. The van der Waals surface area contributed by atoms with Crippen molar-refractivity contribution in [2.24, 2.45) is 5.92 Å². The fourth-order valence-electron chi connectivity index (χ4n) is 2.95. The van der Waals surface area contributed by atoms with Crippen LogP contribution in [0.1, 0.15) is 29.6 Å². The predicted molar refractivity (Wildman–Crippen MR) is 74.1 cm³/mol. The number of ether oxygens (including phenoxy) is 1. The van der Waals surface area contributed by atoms with Crippen molar-refractivity contribution in [1.29, 1.82) is 0 Å². The van der Waals surface area contributed by atoms with E-state index >= 15 is 0 Å². The molecule has 1 spiro atoms. The number of hydrogen-bond donors (Lipinski definition) is 0. The summed E-state index contributed by atoms with van der Waals surface area (Å²) in [4.78, 5) is 12.5. The van der Waals surface area contributed by atoms with E-state index in [2.05, 4.69) is 0 Å². The van der Waals surface area contributed by atoms with Crippen molar-refractivity contribution in [2.45, 2.75) is 24.9 Å². The van der Waals surface area contributed by atoms with Gasteiger partial charge in [0.15, 0.2) is 5.78 Å². The summed E-state index contributed by atoms with van der Waals surface area (Å²) in [7, 11) is 0. The zero-order valence-corrected chi connectivity index (χ0v) is 11.2.